The Morgan fingerprint density at radius 2 is 1.83 bits per heavy atom. The predicted octanol–water partition coefficient (Wildman–Crippen LogP) is 3.27. The molecule has 100 valence electrons. The Balaban J connectivity index is 2.08. The topological polar surface area (TPSA) is 15.3 Å². The minimum Gasteiger partial charge on any atom is -0.370 e. The molecule has 0 radical (unpaired) electrons. The number of hydrogen-bond donors (Lipinski definition) is 1. The van der Waals surface area contributed by atoms with E-state index in [9.17, 15) is 0 Å². The molecule has 1 N–H and O–H groups in total. The third kappa shape index (κ3) is 3.49. The molecule has 1 atom stereocenters. The van der Waals surface area contributed by atoms with E-state index >= 15 is 0 Å². The first-order valence-corrected chi connectivity index (χ1v) is 7.14. The monoisotopic (exact) mass is 246 g/mol. The molecule has 0 spiro atoms. The van der Waals surface area contributed by atoms with Gasteiger partial charge in [-0.05, 0) is 49.9 Å². The summed E-state index contributed by atoms with van der Waals surface area (Å²) in [6.07, 6.45) is 2.59. The molecule has 18 heavy (non-hydrogen) atoms. The number of hydrogen-bond acceptors (Lipinski definition) is 2. The van der Waals surface area contributed by atoms with Gasteiger partial charge in [0.15, 0.2) is 0 Å². The Kier molecular flexibility index (Phi) is 4.28. The van der Waals surface area contributed by atoms with Crippen molar-refractivity contribution in [3.8, 4) is 0 Å². The summed E-state index contributed by atoms with van der Waals surface area (Å²) in [5, 5.41) is 3.67. The summed E-state index contributed by atoms with van der Waals surface area (Å²) < 4.78 is 0. The van der Waals surface area contributed by atoms with Gasteiger partial charge in [0.05, 0.1) is 0 Å². The van der Waals surface area contributed by atoms with Gasteiger partial charge < -0.3 is 10.2 Å². The van der Waals surface area contributed by atoms with Crippen molar-refractivity contribution < 1.29 is 0 Å². The molecule has 0 amide bonds. The van der Waals surface area contributed by atoms with Crippen molar-refractivity contribution in [2.45, 2.75) is 52.6 Å². The van der Waals surface area contributed by atoms with Gasteiger partial charge in [-0.3, -0.25) is 0 Å². The summed E-state index contributed by atoms with van der Waals surface area (Å²) in [7, 11) is 0. The molecule has 2 heteroatoms. The highest BCUT2D eigenvalue weighted by Crippen LogP contribution is 2.22. The molecule has 1 fully saturated rings. The molecule has 1 aromatic carbocycles. The zero-order valence-electron chi connectivity index (χ0n) is 12.2. The van der Waals surface area contributed by atoms with Crippen molar-refractivity contribution in [2.24, 2.45) is 0 Å². The fourth-order valence-electron chi connectivity index (χ4n) is 2.95. The van der Waals surface area contributed by atoms with Gasteiger partial charge in [0.2, 0.25) is 0 Å². The molecule has 1 heterocycles. The number of nitrogens with one attached hydrogen (secondary N) is 1. The summed E-state index contributed by atoms with van der Waals surface area (Å²) in [6, 6.07) is 8.08. The van der Waals surface area contributed by atoms with Gasteiger partial charge in [-0.1, -0.05) is 19.9 Å². The highest BCUT2D eigenvalue weighted by Gasteiger charge is 2.20. The first-order chi connectivity index (χ1) is 8.54. The first-order valence-electron chi connectivity index (χ1n) is 7.14. The Bertz CT molecular complexity index is 378. The molecule has 0 aromatic heterocycles. The zero-order chi connectivity index (χ0) is 13.1. The molecular weight excluding hydrogens is 220 g/mol. The van der Waals surface area contributed by atoms with Crippen LogP contribution in [0.25, 0.3) is 0 Å². The molecule has 0 aliphatic carbocycles. The van der Waals surface area contributed by atoms with Crippen molar-refractivity contribution in [1.29, 1.82) is 0 Å². The van der Waals surface area contributed by atoms with Crippen LogP contribution in [0.5, 0.6) is 0 Å². The molecule has 0 saturated carbocycles. The van der Waals surface area contributed by atoms with Crippen molar-refractivity contribution in [1.82, 2.24) is 5.32 Å². The highest BCUT2D eigenvalue weighted by atomic mass is 15.2. The SMILES string of the molecule is Cc1cc(C)cc(N2CCCC(NC(C)C)C2)c1. The molecule has 2 nitrogen and oxygen atoms in total. The van der Waals surface area contributed by atoms with E-state index in [1.807, 2.05) is 0 Å². The molecule has 1 unspecified atom stereocenters. The molecule has 1 saturated heterocycles. The van der Waals surface area contributed by atoms with Crippen LogP contribution in [-0.2, 0) is 0 Å². The molecule has 1 aliphatic heterocycles. The lowest BCUT2D eigenvalue weighted by Crippen LogP contribution is -2.47. The van der Waals surface area contributed by atoms with Crippen molar-refractivity contribution in [2.75, 3.05) is 18.0 Å². The number of nitrogens with zero attached hydrogens (tertiary/aromatic N) is 1. The van der Waals surface area contributed by atoms with Crippen LogP contribution < -0.4 is 10.2 Å². The molecule has 0 bridgehead atoms. The molecular formula is C16H26N2. The van der Waals surface area contributed by atoms with E-state index < -0.39 is 0 Å². The number of piperidine rings is 1. The van der Waals surface area contributed by atoms with E-state index in [1.165, 1.54) is 36.2 Å². The summed E-state index contributed by atoms with van der Waals surface area (Å²) in [4.78, 5) is 2.53. The maximum Gasteiger partial charge on any atom is 0.0372 e. The van der Waals surface area contributed by atoms with Crippen molar-refractivity contribution in [3.05, 3.63) is 29.3 Å². The van der Waals surface area contributed by atoms with Gasteiger partial charge in [-0.2, -0.15) is 0 Å². The minimum atomic E-state index is 0.578. The van der Waals surface area contributed by atoms with Crippen molar-refractivity contribution in [3.63, 3.8) is 0 Å². The third-order valence-corrected chi connectivity index (χ3v) is 3.56. The fourth-order valence-corrected chi connectivity index (χ4v) is 2.95. The predicted molar refractivity (Wildman–Crippen MR) is 79.4 cm³/mol. The van der Waals surface area contributed by atoms with Crippen LogP contribution in [-0.4, -0.2) is 25.2 Å². The zero-order valence-corrected chi connectivity index (χ0v) is 12.2. The number of benzene rings is 1. The van der Waals surface area contributed by atoms with Crippen LogP contribution in [0.15, 0.2) is 18.2 Å². The van der Waals surface area contributed by atoms with Gasteiger partial charge in [0, 0.05) is 30.9 Å². The number of aryl methyl sites for hydroxylation is 2. The third-order valence-electron chi connectivity index (χ3n) is 3.56. The number of anilines is 1. The van der Waals surface area contributed by atoms with Gasteiger partial charge in [0.25, 0.3) is 0 Å². The summed E-state index contributed by atoms with van der Waals surface area (Å²) in [5.41, 5.74) is 4.12. The average molecular weight is 246 g/mol. The van der Waals surface area contributed by atoms with Crippen LogP contribution in [0.3, 0.4) is 0 Å². The quantitative estimate of drug-likeness (QED) is 0.880. The average Bonchev–Trinajstić information content (AvgIpc) is 2.27. The van der Waals surface area contributed by atoms with E-state index in [-0.39, 0.29) is 0 Å². The van der Waals surface area contributed by atoms with Crippen LogP contribution in [0.1, 0.15) is 37.8 Å². The molecule has 2 rings (SSSR count). The lowest BCUT2D eigenvalue weighted by molar-refractivity contribution is 0.394. The van der Waals surface area contributed by atoms with Crippen molar-refractivity contribution >= 4 is 5.69 Å². The Hall–Kier alpha value is -1.02. The van der Waals surface area contributed by atoms with Gasteiger partial charge >= 0.3 is 0 Å². The van der Waals surface area contributed by atoms with Crippen LogP contribution >= 0.6 is 0 Å². The van der Waals surface area contributed by atoms with E-state index in [4.69, 9.17) is 0 Å². The normalized spacial score (nSPS) is 20.5. The Morgan fingerprint density at radius 3 is 2.44 bits per heavy atom. The fraction of sp³-hybridized carbons (Fsp3) is 0.625. The molecule has 1 aliphatic rings. The first kappa shape index (κ1) is 13.4. The molecule has 1 aromatic rings. The second-order valence-corrected chi connectivity index (χ2v) is 5.95. The van der Waals surface area contributed by atoms with Gasteiger partial charge in [-0.15, -0.1) is 0 Å². The van der Waals surface area contributed by atoms with Gasteiger partial charge in [0.1, 0.15) is 0 Å². The largest absolute Gasteiger partial charge is 0.370 e. The minimum absolute atomic E-state index is 0.578. The van der Waals surface area contributed by atoms with E-state index in [2.05, 4.69) is 56.1 Å². The maximum absolute atomic E-state index is 3.67. The standard InChI is InChI=1S/C16H26N2/c1-12(2)17-15-6-5-7-18(11-15)16-9-13(3)8-14(4)10-16/h8-10,12,15,17H,5-7,11H2,1-4H3. The summed E-state index contributed by atoms with van der Waals surface area (Å²) in [5.74, 6) is 0. The maximum atomic E-state index is 3.67. The van der Waals surface area contributed by atoms with Crippen LogP contribution in [0, 0.1) is 13.8 Å². The summed E-state index contributed by atoms with van der Waals surface area (Å²) in [6.45, 7) is 11.2. The smallest absolute Gasteiger partial charge is 0.0372 e. The second kappa shape index (κ2) is 5.75. The lowest BCUT2D eigenvalue weighted by Gasteiger charge is -2.36. The summed E-state index contributed by atoms with van der Waals surface area (Å²) >= 11 is 0. The van der Waals surface area contributed by atoms with E-state index in [0.29, 0.717) is 12.1 Å². The van der Waals surface area contributed by atoms with Gasteiger partial charge in [-0.25, -0.2) is 0 Å². The van der Waals surface area contributed by atoms with Crippen LogP contribution in [0.4, 0.5) is 5.69 Å². The Morgan fingerprint density at radius 1 is 1.17 bits per heavy atom. The number of rotatable bonds is 3. The Labute approximate surface area is 111 Å². The van der Waals surface area contributed by atoms with E-state index in [1.54, 1.807) is 0 Å². The van der Waals surface area contributed by atoms with Crippen LogP contribution in [0.2, 0.25) is 0 Å². The second-order valence-electron chi connectivity index (χ2n) is 5.95. The lowest BCUT2D eigenvalue weighted by atomic mass is 10.0. The highest BCUT2D eigenvalue weighted by molar-refractivity contribution is 5.51. The van der Waals surface area contributed by atoms with E-state index in [0.717, 1.165) is 6.54 Å².